The van der Waals surface area contributed by atoms with Crippen molar-refractivity contribution in [2.45, 2.75) is 25.3 Å². The van der Waals surface area contributed by atoms with Crippen molar-refractivity contribution in [1.82, 2.24) is 10.6 Å². The third-order valence-electron chi connectivity index (χ3n) is 3.15. The maximum atomic E-state index is 11.6. The van der Waals surface area contributed by atoms with Gasteiger partial charge >= 0.3 is 0 Å². The van der Waals surface area contributed by atoms with Crippen molar-refractivity contribution in [1.29, 1.82) is 0 Å². The molecule has 0 aliphatic heterocycles. The average molecular weight is 281 g/mol. The average Bonchev–Trinajstić information content (AvgIpc) is 3.10. The van der Waals surface area contributed by atoms with Crippen LogP contribution < -0.4 is 16.4 Å². The van der Waals surface area contributed by atoms with Gasteiger partial charge in [0.15, 0.2) is 0 Å². The highest BCUT2D eigenvalue weighted by atomic mass is 32.1. The third-order valence-corrected chi connectivity index (χ3v) is 4.01. The molecule has 1 aliphatic rings. The Kier molecular flexibility index (Phi) is 4.93. The number of hydrogen-bond acceptors (Lipinski definition) is 4. The fourth-order valence-corrected chi connectivity index (χ4v) is 2.44. The second kappa shape index (κ2) is 6.68. The Labute approximate surface area is 116 Å². The second-order valence-corrected chi connectivity index (χ2v) is 5.74. The van der Waals surface area contributed by atoms with Crippen LogP contribution in [0, 0.1) is 5.92 Å². The summed E-state index contributed by atoms with van der Waals surface area (Å²) in [6.45, 7) is 0.879. The molecule has 1 aliphatic carbocycles. The van der Waals surface area contributed by atoms with Crippen molar-refractivity contribution in [2.75, 3.05) is 13.1 Å². The van der Waals surface area contributed by atoms with Gasteiger partial charge in [-0.15, -0.1) is 11.3 Å². The number of amides is 2. The summed E-state index contributed by atoms with van der Waals surface area (Å²) in [6, 6.07) is 3.66. The van der Waals surface area contributed by atoms with Crippen LogP contribution in [0.25, 0.3) is 0 Å². The Hall–Kier alpha value is -1.40. The Morgan fingerprint density at radius 2 is 2.21 bits per heavy atom. The van der Waals surface area contributed by atoms with Crippen LogP contribution in [0.4, 0.5) is 0 Å². The van der Waals surface area contributed by atoms with Gasteiger partial charge in [-0.25, -0.2) is 0 Å². The number of thiophene rings is 1. The molecule has 0 radical (unpaired) electrons. The smallest absolute Gasteiger partial charge is 0.261 e. The molecule has 6 heteroatoms. The lowest BCUT2D eigenvalue weighted by Gasteiger charge is -2.11. The predicted molar refractivity (Wildman–Crippen MR) is 75.0 cm³/mol. The first-order valence-electron chi connectivity index (χ1n) is 6.51. The molecule has 19 heavy (non-hydrogen) atoms. The summed E-state index contributed by atoms with van der Waals surface area (Å²) < 4.78 is 0. The molecule has 1 unspecified atom stereocenters. The molecular weight excluding hydrogens is 262 g/mol. The van der Waals surface area contributed by atoms with Crippen molar-refractivity contribution in [3.05, 3.63) is 22.4 Å². The summed E-state index contributed by atoms with van der Waals surface area (Å²) in [5.41, 5.74) is 5.89. The molecule has 1 aromatic heterocycles. The zero-order valence-corrected chi connectivity index (χ0v) is 11.5. The molecule has 1 saturated carbocycles. The van der Waals surface area contributed by atoms with E-state index >= 15 is 0 Å². The zero-order chi connectivity index (χ0) is 13.7. The number of nitrogens with one attached hydrogen (secondary N) is 2. The lowest BCUT2D eigenvalue weighted by molar-refractivity contribution is -0.121. The standard InChI is InChI=1S/C13H19N3O2S/c14-10(9-3-4-9)8-16-12(17)5-6-15-13(18)11-2-1-7-19-11/h1-2,7,9-10H,3-6,8,14H2,(H,15,18)(H,16,17). The Bertz CT molecular complexity index is 429. The minimum atomic E-state index is -0.127. The maximum Gasteiger partial charge on any atom is 0.261 e. The first kappa shape index (κ1) is 14.0. The van der Waals surface area contributed by atoms with E-state index in [0.29, 0.717) is 23.9 Å². The third kappa shape index (κ3) is 4.65. The Balaban J connectivity index is 1.57. The number of nitrogens with two attached hydrogens (primary N) is 1. The van der Waals surface area contributed by atoms with Crippen LogP contribution in [-0.4, -0.2) is 30.9 Å². The molecule has 1 fully saturated rings. The normalized spacial score (nSPS) is 15.8. The van der Waals surface area contributed by atoms with Crippen molar-refractivity contribution in [3.8, 4) is 0 Å². The summed E-state index contributed by atoms with van der Waals surface area (Å²) in [7, 11) is 0. The molecule has 1 heterocycles. The fraction of sp³-hybridized carbons (Fsp3) is 0.538. The number of hydrogen-bond donors (Lipinski definition) is 3. The Morgan fingerprint density at radius 3 is 2.84 bits per heavy atom. The van der Waals surface area contributed by atoms with Gasteiger partial charge in [-0.05, 0) is 30.2 Å². The molecule has 2 amide bonds. The van der Waals surface area contributed by atoms with Crippen LogP contribution >= 0.6 is 11.3 Å². The van der Waals surface area contributed by atoms with E-state index in [2.05, 4.69) is 10.6 Å². The molecule has 4 N–H and O–H groups in total. The fourth-order valence-electron chi connectivity index (χ4n) is 1.80. The monoisotopic (exact) mass is 281 g/mol. The summed E-state index contributed by atoms with van der Waals surface area (Å²) in [4.78, 5) is 23.8. The van der Waals surface area contributed by atoms with Gasteiger partial charge in [-0.2, -0.15) is 0 Å². The predicted octanol–water partition coefficient (Wildman–Crippen LogP) is 0.721. The summed E-state index contributed by atoms with van der Waals surface area (Å²) in [5, 5.41) is 7.37. The molecule has 2 rings (SSSR count). The van der Waals surface area contributed by atoms with Crippen molar-refractivity contribution < 1.29 is 9.59 Å². The lowest BCUT2D eigenvalue weighted by atomic mass is 10.2. The van der Waals surface area contributed by atoms with Crippen LogP contribution in [0.1, 0.15) is 28.9 Å². The Morgan fingerprint density at radius 1 is 1.42 bits per heavy atom. The number of carbonyl (C=O) groups is 2. The summed E-state index contributed by atoms with van der Waals surface area (Å²) in [5.74, 6) is 0.388. The van der Waals surface area contributed by atoms with Gasteiger partial charge in [-0.1, -0.05) is 6.07 Å². The molecule has 1 atom stereocenters. The topological polar surface area (TPSA) is 84.2 Å². The molecule has 1 aromatic rings. The van der Waals surface area contributed by atoms with E-state index in [9.17, 15) is 9.59 Å². The minimum Gasteiger partial charge on any atom is -0.354 e. The number of rotatable bonds is 7. The largest absolute Gasteiger partial charge is 0.354 e. The zero-order valence-electron chi connectivity index (χ0n) is 10.7. The minimum absolute atomic E-state index is 0.0671. The molecule has 5 nitrogen and oxygen atoms in total. The van der Waals surface area contributed by atoms with Crippen LogP contribution in [-0.2, 0) is 4.79 Å². The molecule has 0 aromatic carbocycles. The van der Waals surface area contributed by atoms with E-state index < -0.39 is 0 Å². The van der Waals surface area contributed by atoms with Crippen molar-refractivity contribution in [3.63, 3.8) is 0 Å². The molecule has 0 saturated heterocycles. The summed E-state index contributed by atoms with van der Waals surface area (Å²) >= 11 is 1.39. The van der Waals surface area contributed by atoms with Crippen molar-refractivity contribution in [2.24, 2.45) is 11.7 Å². The first-order chi connectivity index (χ1) is 9.16. The van der Waals surface area contributed by atoms with E-state index in [1.807, 2.05) is 11.4 Å². The highest BCUT2D eigenvalue weighted by molar-refractivity contribution is 7.12. The second-order valence-electron chi connectivity index (χ2n) is 4.79. The van der Waals surface area contributed by atoms with Gasteiger partial charge < -0.3 is 16.4 Å². The van der Waals surface area contributed by atoms with Crippen LogP contribution in [0.3, 0.4) is 0 Å². The van der Waals surface area contributed by atoms with Crippen molar-refractivity contribution >= 4 is 23.2 Å². The van der Waals surface area contributed by atoms with Crippen LogP contribution in [0.2, 0.25) is 0 Å². The van der Waals surface area contributed by atoms with E-state index in [4.69, 9.17) is 5.73 Å². The first-order valence-corrected chi connectivity index (χ1v) is 7.39. The van der Waals surface area contributed by atoms with Gasteiger partial charge in [0.05, 0.1) is 4.88 Å². The lowest BCUT2D eigenvalue weighted by Crippen LogP contribution is -2.39. The van der Waals surface area contributed by atoms with Gasteiger partial charge in [0, 0.05) is 25.6 Å². The molecular formula is C13H19N3O2S. The van der Waals surface area contributed by atoms with E-state index in [1.54, 1.807) is 6.07 Å². The van der Waals surface area contributed by atoms with Gasteiger partial charge in [-0.3, -0.25) is 9.59 Å². The molecule has 0 bridgehead atoms. The van der Waals surface area contributed by atoms with Gasteiger partial charge in [0.1, 0.15) is 0 Å². The molecule has 0 spiro atoms. The highest BCUT2D eigenvalue weighted by Gasteiger charge is 2.28. The summed E-state index contributed by atoms with van der Waals surface area (Å²) in [6.07, 6.45) is 2.64. The highest BCUT2D eigenvalue weighted by Crippen LogP contribution is 2.31. The number of carbonyl (C=O) groups excluding carboxylic acids is 2. The van der Waals surface area contributed by atoms with Crippen LogP contribution in [0.15, 0.2) is 17.5 Å². The molecule has 104 valence electrons. The van der Waals surface area contributed by atoms with Crippen LogP contribution in [0.5, 0.6) is 0 Å². The van der Waals surface area contributed by atoms with E-state index in [0.717, 1.165) is 0 Å². The SMILES string of the molecule is NC(CNC(=O)CCNC(=O)c1cccs1)C1CC1. The quantitative estimate of drug-likeness (QED) is 0.688. The van der Waals surface area contributed by atoms with E-state index in [1.165, 1.54) is 24.2 Å². The van der Waals surface area contributed by atoms with Gasteiger partial charge in [0.2, 0.25) is 5.91 Å². The van der Waals surface area contributed by atoms with Gasteiger partial charge in [0.25, 0.3) is 5.91 Å². The van der Waals surface area contributed by atoms with E-state index in [-0.39, 0.29) is 24.3 Å². The maximum absolute atomic E-state index is 11.6.